The van der Waals surface area contributed by atoms with E-state index in [2.05, 4.69) is 31.8 Å². The third kappa shape index (κ3) is 3.07. The average Bonchev–Trinajstić information content (AvgIpc) is 3.11. The lowest BCUT2D eigenvalue weighted by Crippen LogP contribution is -2.04. The van der Waals surface area contributed by atoms with Crippen LogP contribution in [0, 0.1) is 17.1 Å². The summed E-state index contributed by atoms with van der Waals surface area (Å²) in [5, 5.41) is 25.2. The maximum atomic E-state index is 14.5. The summed E-state index contributed by atoms with van der Waals surface area (Å²) in [6.45, 7) is 0.363. The number of nitriles is 1. The van der Waals surface area contributed by atoms with E-state index in [0.717, 1.165) is 5.69 Å². The SMILES string of the molecule is Cn1nnc(CNc2ccc3nc(N)c(C#N)c(-c4ccccc4F)c3c2)n1. The number of nitrogens with zero attached hydrogens (tertiary/aromatic N) is 6. The molecule has 0 aliphatic carbocycles. The molecular formula is C19H15FN8. The van der Waals surface area contributed by atoms with E-state index in [1.54, 1.807) is 37.4 Å². The minimum Gasteiger partial charge on any atom is -0.383 e. The molecule has 4 rings (SSSR count). The van der Waals surface area contributed by atoms with E-state index in [-0.39, 0.29) is 11.4 Å². The topological polar surface area (TPSA) is 118 Å². The van der Waals surface area contributed by atoms with E-state index in [0.29, 0.717) is 34.4 Å². The van der Waals surface area contributed by atoms with Crippen LogP contribution in [0.4, 0.5) is 15.9 Å². The number of fused-ring (bicyclic) bond motifs is 1. The van der Waals surface area contributed by atoms with Gasteiger partial charge in [0.2, 0.25) is 0 Å². The van der Waals surface area contributed by atoms with Crippen molar-refractivity contribution in [1.82, 2.24) is 25.2 Å². The molecule has 0 aliphatic rings. The van der Waals surface area contributed by atoms with Gasteiger partial charge >= 0.3 is 0 Å². The summed E-state index contributed by atoms with van der Waals surface area (Å²) in [7, 11) is 1.69. The van der Waals surface area contributed by atoms with Gasteiger partial charge in [0.1, 0.15) is 23.3 Å². The van der Waals surface area contributed by atoms with Crippen molar-refractivity contribution in [2.24, 2.45) is 7.05 Å². The molecule has 0 aliphatic heterocycles. The standard InChI is InChI=1S/C19H15FN8/c1-28-26-17(25-27-28)10-23-11-6-7-16-13(8-11)18(14(9-21)19(22)24-16)12-4-2-3-5-15(12)20/h2-8,23H,10H2,1H3,(H2,22,24). The second-order valence-electron chi connectivity index (χ2n) is 6.12. The number of benzene rings is 2. The van der Waals surface area contributed by atoms with E-state index in [1.165, 1.54) is 10.9 Å². The molecule has 8 nitrogen and oxygen atoms in total. The normalized spacial score (nSPS) is 10.8. The Hall–Kier alpha value is -4.06. The first kappa shape index (κ1) is 17.4. The van der Waals surface area contributed by atoms with Crippen molar-refractivity contribution >= 4 is 22.4 Å². The molecular weight excluding hydrogens is 359 g/mol. The molecule has 0 amide bonds. The van der Waals surface area contributed by atoms with Gasteiger partial charge in [-0.05, 0) is 29.5 Å². The molecule has 0 atom stereocenters. The van der Waals surface area contributed by atoms with Crippen LogP contribution in [0.1, 0.15) is 11.4 Å². The molecule has 2 aromatic carbocycles. The van der Waals surface area contributed by atoms with Gasteiger partial charge in [-0.15, -0.1) is 10.2 Å². The van der Waals surface area contributed by atoms with Gasteiger partial charge in [-0.1, -0.05) is 18.2 Å². The number of nitrogens with two attached hydrogens (primary N) is 1. The summed E-state index contributed by atoms with van der Waals surface area (Å²) < 4.78 is 14.5. The Balaban J connectivity index is 1.85. The van der Waals surface area contributed by atoms with E-state index in [9.17, 15) is 9.65 Å². The van der Waals surface area contributed by atoms with Crippen molar-refractivity contribution in [2.75, 3.05) is 11.1 Å². The van der Waals surface area contributed by atoms with E-state index >= 15 is 0 Å². The molecule has 28 heavy (non-hydrogen) atoms. The number of halogens is 1. The Kier molecular flexibility index (Phi) is 4.29. The zero-order valence-electron chi connectivity index (χ0n) is 14.9. The Labute approximate surface area is 159 Å². The number of nitrogen functional groups attached to an aromatic ring is 1. The van der Waals surface area contributed by atoms with E-state index < -0.39 is 5.82 Å². The van der Waals surface area contributed by atoms with E-state index in [4.69, 9.17) is 5.73 Å². The molecule has 0 spiro atoms. The first-order valence-corrected chi connectivity index (χ1v) is 8.42. The van der Waals surface area contributed by atoms with Gasteiger partial charge in [-0.2, -0.15) is 10.1 Å². The Bertz CT molecular complexity index is 1220. The van der Waals surface area contributed by atoms with Crippen LogP contribution >= 0.6 is 0 Å². The smallest absolute Gasteiger partial charge is 0.193 e. The number of anilines is 2. The molecule has 4 aromatic rings. The van der Waals surface area contributed by atoms with Gasteiger partial charge in [0.15, 0.2) is 5.82 Å². The van der Waals surface area contributed by atoms with Crippen LogP contribution in [0.3, 0.4) is 0 Å². The summed E-state index contributed by atoms with van der Waals surface area (Å²) >= 11 is 0. The molecule has 3 N–H and O–H groups in total. The molecule has 138 valence electrons. The van der Waals surface area contributed by atoms with Crippen molar-refractivity contribution < 1.29 is 4.39 Å². The second-order valence-corrected chi connectivity index (χ2v) is 6.12. The highest BCUT2D eigenvalue weighted by molar-refractivity contribution is 6.01. The minimum absolute atomic E-state index is 0.0673. The molecule has 9 heteroatoms. The predicted octanol–water partition coefficient (Wildman–Crippen LogP) is 2.63. The molecule has 2 aromatic heterocycles. The number of nitrogens with one attached hydrogen (secondary N) is 1. The third-order valence-corrected chi connectivity index (χ3v) is 4.27. The zero-order chi connectivity index (χ0) is 19.7. The van der Waals surface area contributed by atoms with Crippen molar-refractivity contribution in [3.05, 3.63) is 59.7 Å². The van der Waals surface area contributed by atoms with Crippen LogP contribution in [0.5, 0.6) is 0 Å². The summed E-state index contributed by atoms with van der Waals surface area (Å²) in [4.78, 5) is 5.67. The molecule has 0 saturated carbocycles. The first-order valence-electron chi connectivity index (χ1n) is 8.42. The van der Waals surface area contributed by atoms with Gasteiger partial charge in [-0.25, -0.2) is 9.37 Å². The molecule has 2 heterocycles. The van der Waals surface area contributed by atoms with Gasteiger partial charge in [0, 0.05) is 22.2 Å². The first-order chi connectivity index (χ1) is 13.6. The van der Waals surface area contributed by atoms with Crippen LogP contribution < -0.4 is 11.1 Å². The second kappa shape index (κ2) is 6.92. The number of aryl methyl sites for hydroxylation is 1. The maximum absolute atomic E-state index is 14.5. The van der Waals surface area contributed by atoms with Crippen molar-refractivity contribution in [3.8, 4) is 17.2 Å². The van der Waals surface area contributed by atoms with Crippen LogP contribution in [-0.4, -0.2) is 25.2 Å². The van der Waals surface area contributed by atoms with Crippen LogP contribution in [0.15, 0.2) is 42.5 Å². The van der Waals surface area contributed by atoms with Crippen molar-refractivity contribution in [1.29, 1.82) is 5.26 Å². The molecule has 0 radical (unpaired) electrons. The predicted molar refractivity (Wildman–Crippen MR) is 102 cm³/mol. The molecule has 0 saturated heterocycles. The molecule has 0 bridgehead atoms. The Morgan fingerprint density at radius 3 is 2.79 bits per heavy atom. The monoisotopic (exact) mass is 374 g/mol. The van der Waals surface area contributed by atoms with Crippen molar-refractivity contribution in [2.45, 2.75) is 6.54 Å². The zero-order valence-corrected chi connectivity index (χ0v) is 14.9. The lowest BCUT2D eigenvalue weighted by atomic mass is 9.95. The van der Waals surface area contributed by atoms with Crippen LogP contribution in [-0.2, 0) is 13.6 Å². The largest absolute Gasteiger partial charge is 0.383 e. The van der Waals surface area contributed by atoms with Gasteiger partial charge in [0.25, 0.3) is 0 Å². The van der Waals surface area contributed by atoms with Crippen molar-refractivity contribution in [3.63, 3.8) is 0 Å². The van der Waals surface area contributed by atoms with E-state index in [1.807, 2.05) is 6.07 Å². The van der Waals surface area contributed by atoms with Crippen LogP contribution in [0.25, 0.3) is 22.0 Å². The average molecular weight is 374 g/mol. The molecule has 0 unspecified atom stereocenters. The maximum Gasteiger partial charge on any atom is 0.193 e. The molecule has 0 fully saturated rings. The summed E-state index contributed by atoms with van der Waals surface area (Å²) in [6.07, 6.45) is 0. The van der Waals surface area contributed by atoms with Gasteiger partial charge < -0.3 is 11.1 Å². The highest BCUT2D eigenvalue weighted by Gasteiger charge is 2.18. The lowest BCUT2D eigenvalue weighted by Gasteiger charge is -2.13. The van der Waals surface area contributed by atoms with Crippen LogP contribution in [0.2, 0.25) is 0 Å². The third-order valence-electron chi connectivity index (χ3n) is 4.27. The number of pyridine rings is 1. The van der Waals surface area contributed by atoms with Gasteiger partial charge in [-0.3, -0.25) is 0 Å². The number of hydrogen-bond donors (Lipinski definition) is 2. The fraction of sp³-hybridized carbons (Fsp3) is 0.105. The summed E-state index contributed by atoms with van der Waals surface area (Å²) in [6, 6.07) is 13.7. The highest BCUT2D eigenvalue weighted by Crippen LogP contribution is 2.36. The summed E-state index contributed by atoms with van der Waals surface area (Å²) in [5.41, 5.74) is 8.14. The number of rotatable bonds is 4. The fourth-order valence-corrected chi connectivity index (χ4v) is 3.02. The number of aromatic nitrogens is 5. The quantitative estimate of drug-likeness (QED) is 0.563. The highest BCUT2D eigenvalue weighted by atomic mass is 19.1. The number of hydrogen-bond acceptors (Lipinski definition) is 7. The van der Waals surface area contributed by atoms with Gasteiger partial charge in [0.05, 0.1) is 19.1 Å². The lowest BCUT2D eigenvalue weighted by molar-refractivity contribution is 0.628. The summed E-state index contributed by atoms with van der Waals surface area (Å²) in [5.74, 6) is 0.163. The Morgan fingerprint density at radius 2 is 2.07 bits per heavy atom. The minimum atomic E-state index is -0.437. The fourth-order valence-electron chi connectivity index (χ4n) is 3.02. The number of tetrazole rings is 1. The Morgan fingerprint density at radius 1 is 1.25 bits per heavy atom.